The van der Waals surface area contributed by atoms with Gasteiger partial charge in [-0.2, -0.15) is 11.8 Å². The summed E-state index contributed by atoms with van der Waals surface area (Å²) in [5.41, 5.74) is 4.35. The van der Waals surface area contributed by atoms with E-state index in [4.69, 9.17) is 4.42 Å². The molecule has 1 aromatic carbocycles. The van der Waals surface area contributed by atoms with Crippen molar-refractivity contribution in [3.05, 3.63) is 29.2 Å². The van der Waals surface area contributed by atoms with Crippen LogP contribution in [0.1, 0.15) is 17.0 Å². The van der Waals surface area contributed by atoms with Crippen LogP contribution >= 0.6 is 11.8 Å². The van der Waals surface area contributed by atoms with E-state index >= 15 is 0 Å². The fourth-order valence-corrected chi connectivity index (χ4v) is 3.42. The number of fused-ring (bicyclic) bond motifs is 1. The summed E-state index contributed by atoms with van der Waals surface area (Å²) in [5, 5.41) is 3.52. The highest BCUT2D eigenvalue weighted by molar-refractivity contribution is 7.99. The maximum absolute atomic E-state index is 5.90. The fourth-order valence-electron chi connectivity index (χ4n) is 2.47. The first kappa shape index (κ1) is 12.1. The molecule has 4 heteroatoms. The second kappa shape index (κ2) is 4.94. The number of rotatable bonds is 2. The first-order valence-electron chi connectivity index (χ1n) is 6.40. The molecule has 1 atom stereocenters. The lowest BCUT2D eigenvalue weighted by Crippen LogP contribution is -2.38. The summed E-state index contributed by atoms with van der Waals surface area (Å²) < 4.78 is 5.90. The molecule has 1 saturated heterocycles. The fraction of sp³-hybridized carbons (Fsp3) is 0.500. The normalized spacial score (nSPS) is 20.4. The van der Waals surface area contributed by atoms with Crippen molar-refractivity contribution in [2.45, 2.75) is 26.3 Å². The van der Waals surface area contributed by atoms with Crippen molar-refractivity contribution in [2.75, 3.05) is 18.1 Å². The van der Waals surface area contributed by atoms with Gasteiger partial charge in [0.25, 0.3) is 0 Å². The van der Waals surface area contributed by atoms with Gasteiger partial charge in [0.2, 0.25) is 0 Å². The molecule has 3 nitrogen and oxygen atoms in total. The molecule has 1 aromatic heterocycles. The maximum Gasteiger partial charge on any atom is 0.197 e. The highest BCUT2D eigenvalue weighted by atomic mass is 32.2. The predicted molar refractivity (Wildman–Crippen MR) is 76.3 cm³/mol. The van der Waals surface area contributed by atoms with Gasteiger partial charge >= 0.3 is 0 Å². The largest absolute Gasteiger partial charge is 0.440 e. The summed E-state index contributed by atoms with van der Waals surface area (Å²) in [6, 6.07) is 4.74. The Hall–Kier alpha value is -1.00. The van der Waals surface area contributed by atoms with E-state index in [-0.39, 0.29) is 0 Å². The molecule has 1 fully saturated rings. The van der Waals surface area contributed by atoms with Crippen LogP contribution in [-0.4, -0.2) is 29.1 Å². The molecular formula is C14H18N2OS. The number of thioether (sulfide) groups is 1. The van der Waals surface area contributed by atoms with Crippen molar-refractivity contribution in [3.8, 4) is 0 Å². The number of hydrogen-bond donors (Lipinski definition) is 1. The van der Waals surface area contributed by atoms with E-state index in [2.05, 4.69) is 36.3 Å². The molecule has 3 rings (SSSR count). The van der Waals surface area contributed by atoms with E-state index < -0.39 is 0 Å². The molecule has 1 unspecified atom stereocenters. The Bertz CT molecular complexity index is 558. The number of nitrogens with one attached hydrogen (secondary N) is 1. The third-order valence-electron chi connectivity index (χ3n) is 3.28. The van der Waals surface area contributed by atoms with Crippen LogP contribution in [0.5, 0.6) is 0 Å². The zero-order valence-electron chi connectivity index (χ0n) is 10.8. The highest BCUT2D eigenvalue weighted by Gasteiger charge is 2.17. The average molecular weight is 262 g/mol. The number of hydrogen-bond acceptors (Lipinski definition) is 4. The van der Waals surface area contributed by atoms with E-state index in [0.717, 1.165) is 35.7 Å². The van der Waals surface area contributed by atoms with Crippen LogP contribution in [0.3, 0.4) is 0 Å². The van der Waals surface area contributed by atoms with Crippen molar-refractivity contribution >= 4 is 22.9 Å². The molecule has 0 radical (unpaired) electrons. The van der Waals surface area contributed by atoms with Crippen molar-refractivity contribution in [3.63, 3.8) is 0 Å². The third kappa shape index (κ3) is 2.40. The Morgan fingerprint density at radius 1 is 1.44 bits per heavy atom. The number of nitrogens with zero attached hydrogens (tertiary/aromatic N) is 1. The molecular weight excluding hydrogens is 244 g/mol. The molecule has 0 amide bonds. The summed E-state index contributed by atoms with van der Waals surface area (Å²) in [6.07, 6.45) is 0.889. The molecule has 96 valence electrons. The molecule has 18 heavy (non-hydrogen) atoms. The van der Waals surface area contributed by atoms with Crippen LogP contribution in [-0.2, 0) is 6.42 Å². The van der Waals surface area contributed by atoms with Gasteiger partial charge in [0.05, 0.1) is 0 Å². The van der Waals surface area contributed by atoms with Crippen LogP contribution in [0.4, 0.5) is 0 Å². The zero-order chi connectivity index (χ0) is 12.5. The minimum Gasteiger partial charge on any atom is -0.440 e. The molecule has 0 spiro atoms. The molecule has 1 aliphatic rings. The number of benzene rings is 1. The summed E-state index contributed by atoms with van der Waals surface area (Å²) in [6.45, 7) is 5.27. The quantitative estimate of drug-likeness (QED) is 0.903. The zero-order valence-corrected chi connectivity index (χ0v) is 11.6. The van der Waals surface area contributed by atoms with Gasteiger partial charge in [0, 0.05) is 30.5 Å². The second-order valence-electron chi connectivity index (χ2n) is 4.97. The van der Waals surface area contributed by atoms with Gasteiger partial charge < -0.3 is 9.73 Å². The van der Waals surface area contributed by atoms with Crippen molar-refractivity contribution < 1.29 is 4.42 Å². The van der Waals surface area contributed by atoms with Crippen LogP contribution < -0.4 is 5.32 Å². The Morgan fingerprint density at radius 3 is 3.11 bits per heavy atom. The standard InChI is InChI=1S/C14H18N2OS/c1-9-5-10(2)14-12(6-9)16-13(17-14)7-11-8-18-4-3-15-11/h5-6,11,15H,3-4,7-8H2,1-2H3. The summed E-state index contributed by atoms with van der Waals surface area (Å²) >= 11 is 2.00. The summed E-state index contributed by atoms with van der Waals surface area (Å²) in [7, 11) is 0. The van der Waals surface area contributed by atoms with Crippen LogP contribution in [0.2, 0.25) is 0 Å². The van der Waals surface area contributed by atoms with Crippen molar-refractivity contribution in [2.24, 2.45) is 0 Å². The lowest BCUT2D eigenvalue weighted by Gasteiger charge is -2.21. The molecule has 1 aliphatic heterocycles. The number of oxazole rings is 1. The van der Waals surface area contributed by atoms with E-state index in [0.29, 0.717) is 6.04 Å². The second-order valence-corrected chi connectivity index (χ2v) is 6.12. The van der Waals surface area contributed by atoms with Gasteiger partial charge in [0.1, 0.15) is 5.52 Å². The highest BCUT2D eigenvalue weighted by Crippen LogP contribution is 2.22. The lowest BCUT2D eigenvalue weighted by atomic mass is 10.1. The smallest absolute Gasteiger partial charge is 0.197 e. The molecule has 2 heterocycles. The van der Waals surface area contributed by atoms with Gasteiger partial charge in [-0.05, 0) is 31.0 Å². The van der Waals surface area contributed by atoms with Gasteiger partial charge in [-0.25, -0.2) is 4.98 Å². The Morgan fingerprint density at radius 2 is 2.33 bits per heavy atom. The lowest BCUT2D eigenvalue weighted by molar-refractivity contribution is 0.468. The topological polar surface area (TPSA) is 38.1 Å². The van der Waals surface area contributed by atoms with Crippen LogP contribution in [0.25, 0.3) is 11.1 Å². The van der Waals surface area contributed by atoms with E-state index in [9.17, 15) is 0 Å². The predicted octanol–water partition coefficient (Wildman–Crippen LogP) is 2.69. The first-order chi connectivity index (χ1) is 8.72. The summed E-state index contributed by atoms with van der Waals surface area (Å²) in [5.74, 6) is 3.22. The van der Waals surface area contributed by atoms with Gasteiger partial charge in [-0.15, -0.1) is 0 Å². The molecule has 2 aromatic rings. The molecule has 0 saturated carbocycles. The van der Waals surface area contributed by atoms with E-state index in [1.54, 1.807) is 0 Å². The van der Waals surface area contributed by atoms with Crippen LogP contribution in [0.15, 0.2) is 16.5 Å². The van der Waals surface area contributed by atoms with E-state index in [1.807, 2.05) is 11.8 Å². The monoisotopic (exact) mass is 262 g/mol. The minimum atomic E-state index is 0.498. The molecule has 1 N–H and O–H groups in total. The Balaban J connectivity index is 1.86. The Kier molecular flexibility index (Phi) is 3.31. The number of aryl methyl sites for hydroxylation is 2. The van der Waals surface area contributed by atoms with E-state index in [1.165, 1.54) is 16.9 Å². The van der Waals surface area contributed by atoms with Gasteiger partial charge in [0.15, 0.2) is 11.5 Å². The molecule has 0 bridgehead atoms. The van der Waals surface area contributed by atoms with Gasteiger partial charge in [-0.3, -0.25) is 0 Å². The van der Waals surface area contributed by atoms with Crippen molar-refractivity contribution in [1.82, 2.24) is 10.3 Å². The Labute approximate surface area is 111 Å². The average Bonchev–Trinajstić information content (AvgIpc) is 2.73. The summed E-state index contributed by atoms with van der Waals surface area (Å²) in [4.78, 5) is 4.61. The minimum absolute atomic E-state index is 0.498. The molecule has 0 aliphatic carbocycles. The SMILES string of the molecule is Cc1cc(C)c2oc(CC3CSCCN3)nc2c1. The first-order valence-corrected chi connectivity index (χ1v) is 7.55. The third-order valence-corrected chi connectivity index (χ3v) is 4.41. The van der Waals surface area contributed by atoms with Gasteiger partial charge in [-0.1, -0.05) is 6.07 Å². The number of aromatic nitrogens is 1. The van der Waals surface area contributed by atoms with Crippen molar-refractivity contribution in [1.29, 1.82) is 0 Å². The maximum atomic E-state index is 5.90. The van der Waals surface area contributed by atoms with Crippen LogP contribution in [0, 0.1) is 13.8 Å².